The zero-order valence-electron chi connectivity index (χ0n) is 17.3. The predicted molar refractivity (Wildman–Crippen MR) is 106 cm³/mol. The van der Waals surface area contributed by atoms with Gasteiger partial charge in [0, 0.05) is 20.1 Å². The molecule has 0 aliphatic carbocycles. The van der Waals surface area contributed by atoms with Crippen LogP contribution < -0.4 is 15.2 Å². The molecule has 2 N–H and O–H groups in total. The van der Waals surface area contributed by atoms with Crippen molar-refractivity contribution in [3.8, 4) is 11.5 Å². The lowest BCUT2D eigenvalue weighted by atomic mass is 9.84. The van der Waals surface area contributed by atoms with Gasteiger partial charge in [-0.1, -0.05) is 19.9 Å². The molecule has 0 spiro atoms. The number of ether oxygens (including phenoxy) is 4. The summed E-state index contributed by atoms with van der Waals surface area (Å²) in [7, 11) is 3.31. The molecule has 2 atom stereocenters. The maximum Gasteiger partial charge on any atom is 0.322 e. The van der Waals surface area contributed by atoms with Gasteiger partial charge in [0.2, 0.25) is 0 Å². The third kappa shape index (κ3) is 8.18. The number of hydrogen-bond acceptors (Lipinski definition) is 6. The number of nitrogens with two attached hydrogens (primary N) is 1. The van der Waals surface area contributed by atoms with Crippen molar-refractivity contribution in [1.82, 2.24) is 0 Å². The van der Waals surface area contributed by atoms with Crippen molar-refractivity contribution >= 4 is 5.97 Å². The van der Waals surface area contributed by atoms with Crippen LogP contribution in [0, 0.1) is 11.8 Å². The average Bonchev–Trinajstić information content (AvgIpc) is 2.64. The summed E-state index contributed by atoms with van der Waals surface area (Å²) in [5.41, 5.74) is 7.17. The Morgan fingerprint density at radius 3 is 2.48 bits per heavy atom. The quantitative estimate of drug-likeness (QED) is 0.417. The van der Waals surface area contributed by atoms with Crippen LogP contribution in [0.5, 0.6) is 11.5 Å². The van der Waals surface area contributed by atoms with Crippen molar-refractivity contribution in [2.45, 2.75) is 46.1 Å². The van der Waals surface area contributed by atoms with Crippen molar-refractivity contribution in [2.75, 3.05) is 34.0 Å². The summed E-state index contributed by atoms with van der Waals surface area (Å²) in [5, 5.41) is 0. The molecule has 0 bridgehead atoms. The fraction of sp³-hybridized carbons (Fsp3) is 0.667. The largest absolute Gasteiger partial charge is 0.493 e. The Balaban J connectivity index is 2.81. The van der Waals surface area contributed by atoms with E-state index < -0.39 is 6.04 Å². The molecule has 154 valence electrons. The lowest BCUT2D eigenvalue weighted by Gasteiger charge is -2.24. The van der Waals surface area contributed by atoms with E-state index in [1.807, 2.05) is 18.2 Å². The molecule has 0 aliphatic heterocycles. The van der Waals surface area contributed by atoms with Crippen LogP contribution in [0.25, 0.3) is 0 Å². The normalized spacial score (nSPS) is 13.3. The minimum absolute atomic E-state index is 0.263. The van der Waals surface area contributed by atoms with Gasteiger partial charge in [-0.3, -0.25) is 4.79 Å². The van der Waals surface area contributed by atoms with Gasteiger partial charge in [0.1, 0.15) is 6.04 Å². The summed E-state index contributed by atoms with van der Waals surface area (Å²) in [6.07, 6.45) is 2.21. The van der Waals surface area contributed by atoms with E-state index >= 15 is 0 Å². The van der Waals surface area contributed by atoms with Gasteiger partial charge in [-0.25, -0.2) is 0 Å². The van der Waals surface area contributed by atoms with Crippen LogP contribution in [0.1, 0.15) is 39.2 Å². The molecular formula is C21H35NO5. The third-order valence-corrected chi connectivity index (χ3v) is 4.57. The number of benzene rings is 1. The Kier molecular flexibility index (Phi) is 10.8. The highest BCUT2D eigenvalue weighted by Crippen LogP contribution is 2.31. The average molecular weight is 382 g/mol. The first kappa shape index (κ1) is 23.2. The topological polar surface area (TPSA) is 80.0 Å². The van der Waals surface area contributed by atoms with E-state index in [2.05, 4.69) is 13.8 Å². The van der Waals surface area contributed by atoms with Crippen LogP contribution in [0.3, 0.4) is 0 Å². The first-order chi connectivity index (χ1) is 12.9. The van der Waals surface area contributed by atoms with Crippen molar-refractivity contribution in [2.24, 2.45) is 17.6 Å². The second-order valence-corrected chi connectivity index (χ2v) is 6.98. The lowest BCUT2D eigenvalue weighted by molar-refractivity contribution is -0.145. The molecule has 1 aromatic rings. The van der Waals surface area contributed by atoms with Gasteiger partial charge in [-0.05, 0) is 49.3 Å². The van der Waals surface area contributed by atoms with Crippen molar-refractivity contribution in [1.29, 1.82) is 0 Å². The summed E-state index contributed by atoms with van der Waals surface area (Å²) in [4.78, 5) is 11.9. The van der Waals surface area contributed by atoms with Crippen molar-refractivity contribution in [3.63, 3.8) is 0 Å². The highest BCUT2D eigenvalue weighted by molar-refractivity contribution is 5.75. The van der Waals surface area contributed by atoms with E-state index in [1.54, 1.807) is 21.1 Å². The van der Waals surface area contributed by atoms with E-state index in [0.29, 0.717) is 37.9 Å². The fourth-order valence-corrected chi connectivity index (χ4v) is 2.91. The molecular weight excluding hydrogens is 346 g/mol. The molecule has 0 heterocycles. The molecule has 0 saturated carbocycles. The molecule has 6 nitrogen and oxygen atoms in total. The first-order valence-electron chi connectivity index (χ1n) is 9.63. The Morgan fingerprint density at radius 1 is 1.15 bits per heavy atom. The highest BCUT2D eigenvalue weighted by atomic mass is 16.5. The van der Waals surface area contributed by atoms with Gasteiger partial charge in [-0.15, -0.1) is 0 Å². The number of methoxy groups -OCH3 is 2. The van der Waals surface area contributed by atoms with Crippen LogP contribution in [0.4, 0.5) is 0 Å². The van der Waals surface area contributed by atoms with Crippen LogP contribution in [0.2, 0.25) is 0 Å². The number of hydrogen-bond donors (Lipinski definition) is 1. The summed E-state index contributed by atoms with van der Waals surface area (Å²) < 4.78 is 21.3. The van der Waals surface area contributed by atoms with Gasteiger partial charge in [0.25, 0.3) is 0 Å². The monoisotopic (exact) mass is 381 g/mol. The van der Waals surface area contributed by atoms with Crippen LogP contribution in [0.15, 0.2) is 18.2 Å². The van der Waals surface area contributed by atoms with Crippen LogP contribution >= 0.6 is 0 Å². The van der Waals surface area contributed by atoms with E-state index in [9.17, 15) is 4.79 Å². The smallest absolute Gasteiger partial charge is 0.322 e. The van der Waals surface area contributed by atoms with Gasteiger partial charge in [0.15, 0.2) is 11.5 Å². The third-order valence-electron chi connectivity index (χ3n) is 4.57. The van der Waals surface area contributed by atoms with E-state index in [-0.39, 0.29) is 11.9 Å². The number of carbonyl (C=O) groups is 1. The predicted octanol–water partition coefficient (Wildman–Crippen LogP) is 3.21. The fourth-order valence-electron chi connectivity index (χ4n) is 2.91. The van der Waals surface area contributed by atoms with E-state index in [4.69, 9.17) is 24.7 Å². The Labute approximate surface area is 163 Å². The Morgan fingerprint density at radius 2 is 1.89 bits per heavy atom. The second kappa shape index (κ2) is 12.6. The minimum Gasteiger partial charge on any atom is -0.493 e. The summed E-state index contributed by atoms with van der Waals surface area (Å²) in [6.45, 7) is 7.65. The number of rotatable bonds is 13. The maximum absolute atomic E-state index is 11.9. The number of esters is 1. The molecule has 0 saturated heterocycles. The highest BCUT2D eigenvalue weighted by Gasteiger charge is 2.23. The van der Waals surface area contributed by atoms with E-state index in [1.165, 1.54) is 0 Å². The number of carbonyl (C=O) groups excluding carboxylic acids is 1. The summed E-state index contributed by atoms with van der Waals surface area (Å²) >= 11 is 0. The van der Waals surface area contributed by atoms with Gasteiger partial charge < -0.3 is 24.7 Å². The van der Waals surface area contributed by atoms with Gasteiger partial charge >= 0.3 is 5.97 Å². The first-order valence-corrected chi connectivity index (χ1v) is 9.63. The maximum atomic E-state index is 11.9. The Bertz CT molecular complexity index is 562. The molecule has 0 fully saturated rings. The second-order valence-electron chi connectivity index (χ2n) is 6.98. The molecule has 6 heteroatoms. The van der Waals surface area contributed by atoms with Gasteiger partial charge in [0.05, 0.1) is 20.3 Å². The van der Waals surface area contributed by atoms with Crippen molar-refractivity contribution < 1.29 is 23.7 Å². The Hall–Kier alpha value is -1.79. The summed E-state index contributed by atoms with van der Waals surface area (Å²) in [6, 6.07) is 5.37. The van der Waals surface area contributed by atoms with E-state index in [0.717, 1.165) is 24.2 Å². The molecule has 0 aliphatic rings. The minimum atomic E-state index is -0.597. The molecule has 1 unspecified atom stereocenters. The lowest BCUT2D eigenvalue weighted by Crippen LogP contribution is -2.35. The van der Waals surface area contributed by atoms with Crippen molar-refractivity contribution in [3.05, 3.63) is 23.8 Å². The van der Waals surface area contributed by atoms with Gasteiger partial charge in [-0.2, -0.15) is 0 Å². The zero-order chi connectivity index (χ0) is 20.2. The van der Waals surface area contributed by atoms with Crippen LogP contribution in [-0.4, -0.2) is 46.1 Å². The standard InChI is InChI=1S/C21H35NO5/c1-6-26-21(23)18(22)14-17(15(2)3)12-16-8-9-19(25-5)20(13-16)27-11-7-10-24-4/h8-9,13,15,17-18H,6-7,10-12,14,22H2,1-5H3/t17?,18-/m0/s1. The molecule has 1 aromatic carbocycles. The summed E-state index contributed by atoms with van der Waals surface area (Å²) in [5.74, 6) is 1.75. The molecule has 0 amide bonds. The molecule has 1 rings (SSSR count). The molecule has 27 heavy (non-hydrogen) atoms. The zero-order valence-corrected chi connectivity index (χ0v) is 17.3. The molecule has 0 radical (unpaired) electrons. The SMILES string of the molecule is CCOC(=O)[C@@H](N)CC(Cc1ccc(OC)c(OCCCOC)c1)C(C)C. The molecule has 0 aromatic heterocycles. The van der Waals surface area contributed by atoms with Crippen LogP contribution in [-0.2, 0) is 20.7 Å².